The van der Waals surface area contributed by atoms with Crippen LogP contribution >= 0.6 is 0 Å². The highest BCUT2D eigenvalue weighted by atomic mass is 32.2. The minimum absolute atomic E-state index is 0.0500. The molecule has 2 rings (SSSR count). The molecule has 1 aliphatic heterocycles. The van der Waals surface area contributed by atoms with Crippen molar-refractivity contribution in [3.05, 3.63) is 29.8 Å². The molecule has 1 N–H and O–H groups in total. The van der Waals surface area contributed by atoms with Gasteiger partial charge in [-0.3, -0.25) is 4.79 Å². The Hall–Kier alpha value is -1.40. The summed E-state index contributed by atoms with van der Waals surface area (Å²) in [6, 6.07) is 6.77. The minimum Gasteiger partial charge on any atom is -0.481 e. The predicted octanol–water partition coefficient (Wildman–Crippen LogP) is 1.59. The van der Waals surface area contributed by atoms with Crippen molar-refractivity contribution >= 4 is 16.0 Å². The van der Waals surface area contributed by atoms with E-state index < -0.39 is 21.9 Å². The number of rotatable bonds is 4. The highest BCUT2D eigenvalue weighted by Gasteiger charge is 2.40. The summed E-state index contributed by atoms with van der Waals surface area (Å²) in [7, 11) is -3.59. The van der Waals surface area contributed by atoms with Crippen molar-refractivity contribution < 1.29 is 18.3 Å². The van der Waals surface area contributed by atoms with Crippen LogP contribution in [0.1, 0.15) is 19.4 Å². The Balaban J connectivity index is 2.25. The Morgan fingerprint density at radius 2 is 1.90 bits per heavy atom. The Morgan fingerprint density at radius 1 is 1.30 bits per heavy atom. The van der Waals surface area contributed by atoms with Crippen molar-refractivity contribution in [1.82, 2.24) is 4.31 Å². The maximum Gasteiger partial charge on any atom is 0.308 e. The average Bonchev–Trinajstić information content (AvgIpc) is 2.82. The molecular weight excluding hydrogens is 278 g/mol. The number of benzene rings is 1. The van der Waals surface area contributed by atoms with Crippen LogP contribution in [-0.2, 0) is 21.2 Å². The van der Waals surface area contributed by atoms with Crippen molar-refractivity contribution in [2.24, 2.45) is 11.8 Å². The maximum absolute atomic E-state index is 12.5. The third-order valence-corrected chi connectivity index (χ3v) is 5.71. The second-order valence-electron chi connectivity index (χ2n) is 5.24. The monoisotopic (exact) mass is 297 g/mol. The van der Waals surface area contributed by atoms with Crippen molar-refractivity contribution in [2.75, 3.05) is 13.1 Å². The molecule has 1 fully saturated rings. The molecule has 1 aromatic carbocycles. The van der Waals surface area contributed by atoms with Crippen LogP contribution in [0.15, 0.2) is 29.2 Å². The Kier molecular flexibility index (Phi) is 4.15. The molecule has 0 aromatic heterocycles. The largest absolute Gasteiger partial charge is 0.481 e. The summed E-state index contributed by atoms with van der Waals surface area (Å²) in [6.45, 7) is 4.08. The second-order valence-corrected chi connectivity index (χ2v) is 7.18. The number of nitrogens with zero attached hydrogens (tertiary/aromatic N) is 1. The quantitative estimate of drug-likeness (QED) is 0.916. The summed E-state index contributed by atoms with van der Waals surface area (Å²) in [6.07, 6.45) is 0.849. The van der Waals surface area contributed by atoms with Crippen molar-refractivity contribution in [2.45, 2.75) is 25.2 Å². The van der Waals surface area contributed by atoms with Crippen molar-refractivity contribution in [1.29, 1.82) is 0 Å². The number of sulfonamides is 1. The average molecular weight is 297 g/mol. The molecule has 20 heavy (non-hydrogen) atoms. The minimum atomic E-state index is -3.59. The number of carbonyl (C=O) groups is 1. The normalized spacial score (nSPS) is 23.9. The first-order chi connectivity index (χ1) is 9.36. The summed E-state index contributed by atoms with van der Waals surface area (Å²) in [5.74, 6) is -1.73. The van der Waals surface area contributed by atoms with Gasteiger partial charge in [0.1, 0.15) is 0 Å². The molecule has 0 amide bonds. The number of carboxylic acid groups (broad SMARTS) is 1. The number of hydrogen-bond acceptors (Lipinski definition) is 3. The van der Waals surface area contributed by atoms with Gasteiger partial charge in [-0.05, 0) is 30.0 Å². The molecule has 0 saturated carbocycles. The molecule has 5 nitrogen and oxygen atoms in total. The summed E-state index contributed by atoms with van der Waals surface area (Å²) in [5, 5.41) is 9.08. The van der Waals surface area contributed by atoms with Gasteiger partial charge in [-0.15, -0.1) is 0 Å². The van der Waals surface area contributed by atoms with E-state index >= 15 is 0 Å². The lowest BCUT2D eigenvalue weighted by Gasteiger charge is -2.16. The van der Waals surface area contributed by atoms with E-state index in [2.05, 4.69) is 0 Å². The molecule has 6 heteroatoms. The smallest absolute Gasteiger partial charge is 0.308 e. The molecule has 110 valence electrons. The molecule has 1 aromatic rings. The van der Waals surface area contributed by atoms with Gasteiger partial charge >= 0.3 is 5.97 Å². The maximum atomic E-state index is 12.5. The first-order valence-electron chi connectivity index (χ1n) is 6.68. The van der Waals surface area contributed by atoms with Gasteiger partial charge < -0.3 is 5.11 Å². The number of aryl methyl sites for hydroxylation is 1. The van der Waals surface area contributed by atoms with Gasteiger partial charge in [0.25, 0.3) is 0 Å². The van der Waals surface area contributed by atoms with Crippen LogP contribution in [0.3, 0.4) is 0 Å². The van der Waals surface area contributed by atoms with E-state index in [0.29, 0.717) is 0 Å². The van der Waals surface area contributed by atoms with E-state index in [9.17, 15) is 13.2 Å². The second kappa shape index (κ2) is 5.54. The van der Waals surface area contributed by atoms with Crippen LogP contribution in [0.25, 0.3) is 0 Å². The predicted molar refractivity (Wildman–Crippen MR) is 74.9 cm³/mol. The summed E-state index contributed by atoms with van der Waals surface area (Å²) >= 11 is 0. The molecule has 0 bridgehead atoms. The third kappa shape index (κ3) is 2.71. The number of aliphatic carboxylic acids is 1. The zero-order valence-corrected chi connectivity index (χ0v) is 12.4. The van der Waals surface area contributed by atoms with Crippen molar-refractivity contribution in [3.8, 4) is 0 Å². The van der Waals surface area contributed by atoms with Crippen LogP contribution in [0.2, 0.25) is 0 Å². The van der Waals surface area contributed by atoms with Gasteiger partial charge in [0.2, 0.25) is 10.0 Å². The van der Waals surface area contributed by atoms with Gasteiger partial charge in [0.15, 0.2) is 0 Å². The Morgan fingerprint density at radius 3 is 2.35 bits per heavy atom. The van der Waals surface area contributed by atoms with E-state index in [4.69, 9.17) is 5.11 Å². The highest BCUT2D eigenvalue weighted by Crippen LogP contribution is 2.28. The first-order valence-corrected chi connectivity index (χ1v) is 8.12. The van der Waals surface area contributed by atoms with Crippen LogP contribution in [0.5, 0.6) is 0 Å². The third-order valence-electron chi connectivity index (χ3n) is 3.87. The molecule has 1 heterocycles. The fourth-order valence-electron chi connectivity index (χ4n) is 2.49. The topological polar surface area (TPSA) is 74.7 Å². The van der Waals surface area contributed by atoms with Gasteiger partial charge in [-0.1, -0.05) is 26.0 Å². The summed E-state index contributed by atoms with van der Waals surface area (Å²) in [4.78, 5) is 11.3. The van der Waals surface area contributed by atoms with Crippen LogP contribution in [0, 0.1) is 11.8 Å². The zero-order chi connectivity index (χ0) is 14.9. The lowest BCUT2D eigenvalue weighted by molar-refractivity contribution is -0.142. The number of carboxylic acids is 1. The molecule has 0 radical (unpaired) electrons. The highest BCUT2D eigenvalue weighted by molar-refractivity contribution is 7.89. The lowest BCUT2D eigenvalue weighted by atomic mass is 9.99. The molecule has 2 unspecified atom stereocenters. The Bertz CT molecular complexity index is 594. The van der Waals surface area contributed by atoms with E-state index in [-0.39, 0.29) is 23.9 Å². The molecule has 2 atom stereocenters. The summed E-state index contributed by atoms with van der Waals surface area (Å²) in [5.41, 5.74) is 1.07. The molecular formula is C14H19NO4S. The molecule has 1 aliphatic rings. The van der Waals surface area contributed by atoms with E-state index in [1.807, 2.05) is 6.92 Å². The van der Waals surface area contributed by atoms with Gasteiger partial charge in [0, 0.05) is 13.1 Å². The van der Waals surface area contributed by atoms with E-state index in [0.717, 1.165) is 12.0 Å². The van der Waals surface area contributed by atoms with Crippen LogP contribution in [-0.4, -0.2) is 36.9 Å². The SMILES string of the molecule is CCc1ccc(S(=O)(=O)N2CC(C)C(C(=O)O)C2)cc1. The van der Waals surface area contributed by atoms with Crippen LogP contribution < -0.4 is 0 Å². The molecule has 0 spiro atoms. The fourth-order valence-corrected chi connectivity index (χ4v) is 4.05. The van der Waals surface area contributed by atoms with Crippen molar-refractivity contribution in [3.63, 3.8) is 0 Å². The van der Waals surface area contributed by atoms with Gasteiger partial charge in [-0.2, -0.15) is 4.31 Å². The van der Waals surface area contributed by atoms with Gasteiger partial charge in [-0.25, -0.2) is 8.42 Å². The van der Waals surface area contributed by atoms with Gasteiger partial charge in [0.05, 0.1) is 10.8 Å². The lowest BCUT2D eigenvalue weighted by Crippen LogP contribution is -2.30. The van der Waals surface area contributed by atoms with E-state index in [1.165, 1.54) is 4.31 Å². The van der Waals surface area contributed by atoms with E-state index in [1.54, 1.807) is 31.2 Å². The standard InChI is InChI=1S/C14H19NO4S/c1-3-11-4-6-12(7-5-11)20(18,19)15-8-10(2)13(9-15)14(16)17/h4-7,10,13H,3,8-9H2,1-2H3,(H,16,17). The Labute approximate surface area is 119 Å². The molecule has 1 saturated heterocycles. The zero-order valence-electron chi connectivity index (χ0n) is 11.6. The fraction of sp³-hybridized carbons (Fsp3) is 0.500. The first kappa shape index (κ1) is 15.0. The van der Waals surface area contributed by atoms with Crippen LogP contribution in [0.4, 0.5) is 0 Å². The summed E-state index contributed by atoms with van der Waals surface area (Å²) < 4.78 is 26.2. The number of hydrogen-bond donors (Lipinski definition) is 1. The molecule has 0 aliphatic carbocycles.